The first kappa shape index (κ1) is 12.2. The van der Waals surface area contributed by atoms with E-state index in [1.54, 1.807) is 11.8 Å². The molecule has 0 amide bonds. The van der Waals surface area contributed by atoms with E-state index in [0.717, 1.165) is 21.8 Å². The molecule has 2 rings (SSSR count). The molecular formula is C14H16N2S. The van der Waals surface area contributed by atoms with E-state index in [-0.39, 0.29) is 0 Å². The van der Waals surface area contributed by atoms with Crippen molar-refractivity contribution in [3.63, 3.8) is 0 Å². The third kappa shape index (κ3) is 2.89. The maximum Gasteiger partial charge on any atom is 0.115 e. The van der Waals surface area contributed by atoms with Gasteiger partial charge in [0.05, 0.1) is 5.56 Å². The molecule has 0 spiro atoms. The maximum atomic E-state index is 9.20. The number of pyridine rings is 1. The molecule has 0 bridgehead atoms. The van der Waals surface area contributed by atoms with Gasteiger partial charge in [0.25, 0.3) is 0 Å². The van der Waals surface area contributed by atoms with Gasteiger partial charge in [-0.25, -0.2) is 4.98 Å². The summed E-state index contributed by atoms with van der Waals surface area (Å²) in [6.45, 7) is 3.96. The molecule has 1 aromatic heterocycles. The Hall–Kier alpha value is -1.27. The van der Waals surface area contributed by atoms with Crippen LogP contribution in [0.5, 0.6) is 0 Å². The number of rotatable bonds is 2. The molecule has 88 valence electrons. The monoisotopic (exact) mass is 244 g/mol. The molecule has 1 aromatic rings. The van der Waals surface area contributed by atoms with Crippen molar-refractivity contribution in [3.8, 4) is 6.07 Å². The molecule has 2 nitrogen and oxygen atoms in total. The van der Waals surface area contributed by atoms with E-state index in [1.165, 1.54) is 19.3 Å². The summed E-state index contributed by atoms with van der Waals surface area (Å²) in [6.07, 6.45) is 8.08. The van der Waals surface area contributed by atoms with Crippen molar-refractivity contribution >= 4 is 11.8 Å². The molecule has 0 aromatic carbocycles. The molecule has 0 radical (unpaired) electrons. The highest BCUT2D eigenvalue weighted by molar-refractivity contribution is 8.00. The first-order chi connectivity index (χ1) is 8.20. The topological polar surface area (TPSA) is 36.7 Å². The zero-order valence-corrected chi connectivity index (χ0v) is 11.0. The van der Waals surface area contributed by atoms with Crippen LogP contribution in [0.15, 0.2) is 23.2 Å². The summed E-state index contributed by atoms with van der Waals surface area (Å²) < 4.78 is 0. The van der Waals surface area contributed by atoms with Crippen molar-refractivity contribution in [2.24, 2.45) is 0 Å². The minimum Gasteiger partial charge on any atom is -0.245 e. The van der Waals surface area contributed by atoms with E-state index in [1.807, 2.05) is 19.9 Å². The van der Waals surface area contributed by atoms with Crippen molar-refractivity contribution in [2.45, 2.75) is 43.4 Å². The number of aryl methyl sites for hydroxylation is 2. The van der Waals surface area contributed by atoms with Crippen LogP contribution in [0.1, 0.15) is 36.1 Å². The van der Waals surface area contributed by atoms with Gasteiger partial charge in [0.1, 0.15) is 11.1 Å². The highest BCUT2D eigenvalue weighted by Gasteiger charge is 2.15. The average Bonchev–Trinajstić information content (AvgIpc) is 2.30. The molecule has 1 atom stereocenters. The molecule has 0 aliphatic heterocycles. The number of thioether (sulfide) groups is 1. The summed E-state index contributed by atoms with van der Waals surface area (Å²) >= 11 is 1.72. The average molecular weight is 244 g/mol. The third-order valence-corrected chi connectivity index (χ3v) is 4.11. The predicted molar refractivity (Wildman–Crippen MR) is 71.1 cm³/mol. The number of nitriles is 1. The lowest BCUT2D eigenvalue weighted by Gasteiger charge is -2.16. The number of hydrogen-bond donors (Lipinski definition) is 0. The van der Waals surface area contributed by atoms with Gasteiger partial charge in [-0.15, -0.1) is 0 Å². The second-order valence-corrected chi connectivity index (χ2v) is 5.62. The van der Waals surface area contributed by atoms with Gasteiger partial charge in [-0.3, -0.25) is 0 Å². The lowest BCUT2D eigenvalue weighted by Crippen LogP contribution is -2.04. The van der Waals surface area contributed by atoms with Gasteiger partial charge in [0.15, 0.2) is 0 Å². The van der Waals surface area contributed by atoms with E-state index < -0.39 is 0 Å². The van der Waals surface area contributed by atoms with Gasteiger partial charge in [-0.2, -0.15) is 5.26 Å². The zero-order chi connectivity index (χ0) is 12.3. The highest BCUT2D eigenvalue weighted by atomic mass is 32.2. The van der Waals surface area contributed by atoms with Gasteiger partial charge in [0, 0.05) is 10.9 Å². The van der Waals surface area contributed by atoms with E-state index in [4.69, 9.17) is 0 Å². The van der Waals surface area contributed by atoms with Crippen LogP contribution < -0.4 is 0 Å². The SMILES string of the molecule is Cc1cc(C)c(C#N)c(S[C@@H]2C=CCCC2)n1. The first-order valence-corrected chi connectivity index (χ1v) is 6.80. The molecule has 0 saturated carbocycles. The fourth-order valence-electron chi connectivity index (χ4n) is 2.05. The van der Waals surface area contributed by atoms with Crippen molar-refractivity contribution in [1.82, 2.24) is 4.98 Å². The molecule has 17 heavy (non-hydrogen) atoms. The molecule has 3 heteroatoms. The smallest absolute Gasteiger partial charge is 0.115 e. The summed E-state index contributed by atoms with van der Waals surface area (Å²) in [5.41, 5.74) is 2.76. The normalized spacial score (nSPS) is 19.0. The summed E-state index contributed by atoms with van der Waals surface area (Å²) in [5, 5.41) is 10.6. The van der Waals surface area contributed by atoms with Gasteiger partial charge in [0.2, 0.25) is 0 Å². The Morgan fingerprint density at radius 1 is 1.47 bits per heavy atom. The molecule has 0 N–H and O–H groups in total. The first-order valence-electron chi connectivity index (χ1n) is 5.92. The second kappa shape index (κ2) is 5.37. The van der Waals surface area contributed by atoms with Gasteiger partial charge in [-0.1, -0.05) is 23.9 Å². The number of aromatic nitrogens is 1. The van der Waals surface area contributed by atoms with Crippen LogP contribution in [-0.4, -0.2) is 10.2 Å². The van der Waals surface area contributed by atoms with Gasteiger partial charge in [-0.05, 0) is 44.7 Å². The molecule has 0 unspecified atom stereocenters. The van der Waals surface area contributed by atoms with E-state index in [2.05, 4.69) is 23.2 Å². The Bertz CT molecular complexity index is 486. The lowest BCUT2D eigenvalue weighted by molar-refractivity contribution is 0.740. The molecule has 1 heterocycles. The molecule has 0 fully saturated rings. The highest BCUT2D eigenvalue weighted by Crippen LogP contribution is 2.32. The van der Waals surface area contributed by atoms with E-state index in [0.29, 0.717) is 5.25 Å². The van der Waals surface area contributed by atoms with E-state index >= 15 is 0 Å². The van der Waals surface area contributed by atoms with E-state index in [9.17, 15) is 5.26 Å². The fraction of sp³-hybridized carbons (Fsp3) is 0.429. The summed E-state index contributed by atoms with van der Waals surface area (Å²) in [5.74, 6) is 0. The lowest BCUT2D eigenvalue weighted by atomic mass is 10.1. The number of nitrogens with zero attached hydrogens (tertiary/aromatic N) is 2. The molecular weight excluding hydrogens is 228 g/mol. The van der Waals surface area contributed by atoms with Crippen LogP contribution in [-0.2, 0) is 0 Å². The Labute approximate surface area is 107 Å². The van der Waals surface area contributed by atoms with Crippen LogP contribution in [0.4, 0.5) is 0 Å². The number of hydrogen-bond acceptors (Lipinski definition) is 3. The molecule has 1 aliphatic carbocycles. The zero-order valence-electron chi connectivity index (χ0n) is 10.2. The quantitative estimate of drug-likeness (QED) is 0.743. The Kier molecular flexibility index (Phi) is 3.86. The van der Waals surface area contributed by atoms with Gasteiger partial charge < -0.3 is 0 Å². The Morgan fingerprint density at radius 3 is 2.94 bits per heavy atom. The van der Waals surface area contributed by atoms with Crippen LogP contribution in [0.2, 0.25) is 0 Å². The summed E-state index contributed by atoms with van der Waals surface area (Å²) in [6, 6.07) is 4.24. The minimum absolute atomic E-state index is 0.476. The standard InChI is InChI=1S/C14H16N2S/c1-10-8-11(2)16-14(13(10)9-15)17-12-6-4-3-5-7-12/h4,6,8,12H,3,5,7H2,1-2H3/t12-/m1/s1. The molecule has 0 saturated heterocycles. The van der Waals surface area contributed by atoms with Crippen molar-refractivity contribution in [3.05, 3.63) is 35.0 Å². The van der Waals surface area contributed by atoms with Crippen LogP contribution in [0, 0.1) is 25.2 Å². The van der Waals surface area contributed by atoms with Gasteiger partial charge >= 0.3 is 0 Å². The largest absolute Gasteiger partial charge is 0.245 e. The van der Waals surface area contributed by atoms with Crippen LogP contribution in [0.25, 0.3) is 0 Å². The van der Waals surface area contributed by atoms with Crippen molar-refractivity contribution in [2.75, 3.05) is 0 Å². The third-order valence-electron chi connectivity index (χ3n) is 2.90. The van der Waals surface area contributed by atoms with Crippen LogP contribution >= 0.6 is 11.8 Å². The minimum atomic E-state index is 0.476. The van der Waals surface area contributed by atoms with Crippen molar-refractivity contribution < 1.29 is 0 Å². The predicted octanol–water partition coefficient (Wildman–Crippen LogP) is 3.77. The summed E-state index contributed by atoms with van der Waals surface area (Å²) in [7, 11) is 0. The van der Waals surface area contributed by atoms with Crippen LogP contribution in [0.3, 0.4) is 0 Å². The fourth-order valence-corrected chi connectivity index (χ4v) is 3.33. The van der Waals surface area contributed by atoms with Crippen molar-refractivity contribution in [1.29, 1.82) is 5.26 Å². The molecule has 1 aliphatic rings. The Morgan fingerprint density at radius 2 is 2.29 bits per heavy atom. The second-order valence-electron chi connectivity index (χ2n) is 4.39. The Balaban J connectivity index is 2.28. The number of allylic oxidation sites excluding steroid dienone is 1. The summed E-state index contributed by atoms with van der Waals surface area (Å²) in [4.78, 5) is 4.51. The maximum absolute atomic E-state index is 9.20.